The van der Waals surface area contributed by atoms with Gasteiger partial charge >= 0.3 is 0 Å². The Hall–Kier alpha value is -1.01. The third-order valence-corrected chi connectivity index (χ3v) is 5.60. The van der Waals surface area contributed by atoms with Crippen LogP contribution in [0.25, 0.3) is 0 Å². The van der Waals surface area contributed by atoms with Crippen molar-refractivity contribution in [3.63, 3.8) is 0 Å². The highest BCUT2D eigenvalue weighted by atomic mass is 32.2. The number of hydrogen-bond donors (Lipinski definition) is 0. The fourth-order valence-corrected chi connectivity index (χ4v) is 4.75. The summed E-state index contributed by atoms with van der Waals surface area (Å²) in [5.74, 6) is 1.89. The van der Waals surface area contributed by atoms with E-state index < -0.39 is 0 Å². The Kier molecular flexibility index (Phi) is 3.30. The summed E-state index contributed by atoms with van der Waals surface area (Å²) < 4.78 is 13.2. The van der Waals surface area contributed by atoms with Crippen LogP contribution in [-0.2, 0) is 0 Å². The molecule has 0 heterocycles. The maximum absolute atomic E-state index is 13.2. The molecule has 94 valence electrons. The molecule has 1 aromatic carbocycles. The molecule has 2 fully saturated rings. The third kappa shape index (κ3) is 2.27. The Bertz CT molecular complexity index is 482. The molecule has 0 radical (unpaired) electrons. The highest BCUT2D eigenvalue weighted by molar-refractivity contribution is 8.00. The SMILES string of the molecule is N#CC(Sc1cccc(F)c1)C1CC2CCC1C2. The summed E-state index contributed by atoms with van der Waals surface area (Å²) in [6.07, 6.45) is 5.15. The molecule has 0 saturated heterocycles. The zero-order valence-corrected chi connectivity index (χ0v) is 11.0. The molecule has 2 aliphatic rings. The Balaban J connectivity index is 1.72. The topological polar surface area (TPSA) is 23.8 Å². The number of hydrogen-bond acceptors (Lipinski definition) is 2. The van der Waals surface area contributed by atoms with Crippen LogP contribution in [0.2, 0.25) is 0 Å². The number of nitrogens with zero attached hydrogens (tertiary/aromatic N) is 1. The van der Waals surface area contributed by atoms with E-state index in [-0.39, 0.29) is 11.1 Å². The number of nitriles is 1. The molecule has 0 spiro atoms. The summed E-state index contributed by atoms with van der Waals surface area (Å²) in [5, 5.41) is 9.37. The van der Waals surface area contributed by atoms with Gasteiger partial charge in [0.1, 0.15) is 5.82 Å². The maximum Gasteiger partial charge on any atom is 0.124 e. The first kappa shape index (κ1) is 12.0. The first-order valence-electron chi connectivity index (χ1n) is 6.58. The summed E-state index contributed by atoms with van der Waals surface area (Å²) in [7, 11) is 0. The van der Waals surface area contributed by atoms with Gasteiger partial charge in [-0.05, 0) is 55.2 Å². The normalized spacial score (nSPS) is 31.2. The van der Waals surface area contributed by atoms with Crippen LogP contribution in [-0.4, -0.2) is 5.25 Å². The minimum atomic E-state index is -0.218. The molecule has 0 amide bonds. The Morgan fingerprint density at radius 1 is 1.33 bits per heavy atom. The van der Waals surface area contributed by atoms with Gasteiger partial charge in [-0.3, -0.25) is 0 Å². The van der Waals surface area contributed by atoms with E-state index in [1.54, 1.807) is 6.07 Å². The summed E-state index contributed by atoms with van der Waals surface area (Å²) >= 11 is 1.54. The van der Waals surface area contributed by atoms with Gasteiger partial charge in [0.2, 0.25) is 0 Å². The van der Waals surface area contributed by atoms with Crippen LogP contribution < -0.4 is 0 Å². The second kappa shape index (κ2) is 4.93. The number of thioether (sulfide) groups is 1. The minimum Gasteiger partial charge on any atom is -0.207 e. The minimum absolute atomic E-state index is 0.0119. The zero-order valence-electron chi connectivity index (χ0n) is 10.2. The van der Waals surface area contributed by atoms with Crippen molar-refractivity contribution in [1.82, 2.24) is 0 Å². The second-order valence-electron chi connectivity index (χ2n) is 5.46. The standard InChI is InChI=1S/C15H16FNS/c16-12-2-1-3-13(8-12)18-15(9-17)14-7-10-4-5-11(14)6-10/h1-3,8,10-11,14-15H,4-7H2. The van der Waals surface area contributed by atoms with Gasteiger partial charge in [-0.1, -0.05) is 12.5 Å². The number of benzene rings is 1. The van der Waals surface area contributed by atoms with Gasteiger partial charge in [0.15, 0.2) is 0 Å². The lowest BCUT2D eigenvalue weighted by atomic mass is 9.86. The first-order chi connectivity index (χ1) is 8.76. The fraction of sp³-hybridized carbons (Fsp3) is 0.533. The van der Waals surface area contributed by atoms with Crippen molar-refractivity contribution in [2.75, 3.05) is 0 Å². The van der Waals surface area contributed by atoms with Crippen molar-refractivity contribution in [3.05, 3.63) is 30.1 Å². The molecule has 3 heteroatoms. The largest absolute Gasteiger partial charge is 0.207 e. The van der Waals surface area contributed by atoms with E-state index in [4.69, 9.17) is 0 Å². The molecule has 1 nitrogen and oxygen atoms in total. The smallest absolute Gasteiger partial charge is 0.124 e. The summed E-state index contributed by atoms with van der Waals surface area (Å²) in [4.78, 5) is 0.879. The lowest BCUT2D eigenvalue weighted by Gasteiger charge is -2.25. The maximum atomic E-state index is 13.2. The molecule has 2 saturated carbocycles. The van der Waals surface area contributed by atoms with E-state index in [1.807, 2.05) is 6.07 Å². The zero-order chi connectivity index (χ0) is 12.5. The van der Waals surface area contributed by atoms with Crippen molar-refractivity contribution >= 4 is 11.8 Å². The first-order valence-corrected chi connectivity index (χ1v) is 7.46. The predicted octanol–water partition coefficient (Wildman–Crippen LogP) is 4.25. The molecular formula is C15H16FNS. The molecule has 0 aliphatic heterocycles. The monoisotopic (exact) mass is 261 g/mol. The van der Waals surface area contributed by atoms with Crippen molar-refractivity contribution in [1.29, 1.82) is 5.26 Å². The van der Waals surface area contributed by atoms with Crippen molar-refractivity contribution in [2.24, 2.45) is 17.8 Å². The quantitative estimate of drug-likeness (QED) is 0.760. The second-order valence-corrected chi connectivity index (χ2v) is 6.68. The fourth-order valence-electron chi connectivity index (χ4n) is 3.56. The van der Waals surface area contributed by atoms with Gasteiger partial charge in [0.25, 0.3) is 0 Å². The van der Waals surface area contributed by atoms with Crippen LogP contribution in [0.3, 0.4) is 0 Å². The summed E-state index contributed by atoms with van der Waals surface area (Å²) in [6.45, 7) is 0. The molecule has 0 N–H and O–H groups in total. The predicted molar refractivity (Wildman–Crippen MR) is 70.6 cm³/mol. The summed E-state index contributed by atoms with van der Waals surface area (Å²) in [5.41, 5.74) is 0. The summed E-state index contributed by atoms with van der Waals surface area (Å²) in [6, 6.07) is 9.02. The molecule has 2 aliphatic carbocycles. The van der Waals surface area contributed by atoms with Crippen LogP contribution in [0.4, 0.5) is 4.39 Å². The van der Waals surface area contributed by atoms with Gasteiger partial charge in [-0.15, -0.1) is 11.8 Å². The Morgan fingerprint density at radius 3 is 2.83 bits per heavy atom. The van der Waals surface area contributed by atoms with Gasteiger partial charge in [-0.25, -0.2) is 4.39 Å². The van der Waals surface area contributed by atoms with Gasteiger partial charge < -0.3 is 0 Å². The average Bonchev–Trinajstić information content (AvgIpc) is 2.98. The molecule has 3 rings (SSSR count). The van der Waals surface area contributed by atoms with Crippen molar-refractivity contribution in [3.8, 4) is 6.07 Å². The molecule has 0 aromatic heterocycles. The van der Waals surface area contributed by atoms with Crippen LogP contribution >= 0.6 is 11.8 Å². The van der Waals surface area contributed by atoms with Crippen LogP contribution in [0.15, 0.2) is 29.2 Å². The highest BCUT2D eigenvalue weighted by Gasteiger charge is 2.43. The highest BCUT2D eigenvalue weighted by Crippen LogP contribution is 2.52. The van der Waals surface area contributed by atoms with Gasteiger partial charge in [0, 0.05) is 4.90 Å². The van der Waals surface area contributed by atoms with Gasteiger partial charge in [0.05, 0.1) is 11.3 Å². The Labute approximate surface area is 111 Å². The lowest BCUT2D eigenvalue weighted by Crippen LogP contribution is -2.21. The van der Waals surface area contributed by atoms with E-state index in [2.05, 4.69) is 6.07 Å². The van der Waals surface area contributed by atoms with E-state index >= 15 is 0 Å². The molecule has 18 heavy (non-hydrogen) atoms. The van der Waals surface area contributed by atoms with E-state index in [9.17, 15) is 9.65 Å². The lowest BCUT2D eigenvalue weighted by molar-refractivity contribution is 0.345. The Morgan fingerprint density at radius 2 is 2.22 bits per heavy atom. The van der Waals surface area contributed by atoms with Crippen molar-refractivity contribution in [2.45, 2.75) is 35.8 Å². The van der Waals surface area contributed by atoms with Crippen LogP contribution in [0, 0.1) is 34.9 Å². The number of fused-ring (bicyclic) bond motifs is 2. The van der Waals surface area contributed by atoms with Crippen LogP contribution in [0.1, 0.15) is 25.7 Å². The molecule has 4 unspecified atom stereocenters. The number of halogens is 1. The molecule has 4 atom stereocenters. The number of rotatable bonds is 3. The van der Waals surface area contributed by atoms with Crippen molar-refractivity contribution < 1.29 is 4.39 Å². The van der Waals surface area contributed by atoms with E-state index in [1.165, 1.54) is 49.6 Å². The third-order valence-electron chi connectivity index (χ3n) is 4.37. The molecular weight excluding hydrogens is 245 g/mol. The average molecular weight is 261 g/mol. The van der Waals surface area contributed by atoms with Gasteiger partial charge in [-0.2, -0.15) is 5.26 Å². The van der Waals surface area contributed by atoms with E-state index in [0.29, 0.717) is 5.92 Å². The molecule has 1 aromatic rings. The van der Waals surface area contributed by atoms with Crippen LogP contribution in [0.5, 0.6) is 0 Å². The van der Waals surface area contributed by atoms with E-state index in [0.717, 1.165) is 16.7 Å². The molecule has 2 bridgehead atoms.